The lowest BCUT2D eigenvalue weighted by Gasteiger charge is -2.11. The molecule has 0 saturated heterocycles. The molecular formula is C14H17FN2O4S. The molecule has 1 heterocycles. The van der Waals surface area contributed by atoms with Crippen LogP contribution < -0.4 is 0 Å². The average Bonchev–Trinajstić information content (AvgIpc) is 2.94. The molecule has 2 rings (SSSR count). The molecule has 0 aliphatic heterocycles. The highest BCUT2D eigenvalue weighted by Crippen LogP contribution is 2.27. The highest BCUT2D eigenvalue weighted by atomic mass is 32.2. The van der Waals surface area contributed by atoms with Gasteiger partial charge in [0.25, 0.3) is 5.89 Å². The lowest BCUT2D eigenvalue weighted by atomic mass is 10.2. The molecule has 0 bridgehead atoms. The van der Waals surface area contributed by atoms with Crippen molar-refractivity contribution < 1.29 is 22.9 Å². The first-order valence-electron chi connectivity index (χ1n) is 6.67. The monoisotopic (exact) mass is 328 g/mol. The highest BCUT2D eigenvalue weighted by molar-refractivity contribution is 7.94. The van der Waals surface area contributed by atoms with Crippen molar-refractivity contribution in [2.45, 2.75) is 37.9 Å². The van der Waals surface area contributed by atoms with Crippen LogP contribution in [0.25, 0.3) is 11.4 Å². The molecule has 1 aromatic heterocycles. The molecule has 0 aliphatic rings. The van der Waals surface area contributed by atoms with Gasteiger partial charge < -0.3 is 9.26 Å². The van der Waals surface area contributed by atoms with Gasteiger partial charge in [-0.1, -0.05) is 5.16 Å². The van der Waals surface area contributed by atoms with Crippen LogP contribution in [0.4, 0.5) is 4.39 Å². The zero-order chi connectivity index (χ0) is 16.1. The molecule has 0 saturated carbocycles. The zero-order valence-electron chi connectivity index (χ0n) is 12.7. The number of rotatable bonds is 7. The van der Waals surface area contributed by atoms with Crippen LogP contribution in [0.5, 0.6) is 0 Å². The topological polar surface area (TPSA) is 66.6 Å². The Labute approximate surface area is 132 Å². The second kappa shape index (κ2) is 7.68. The maximum atomic E-state index is 14.1. The summed E-state index contributed by atoms with van der Waals surface area (Å²) in [4.78, 5) is 9.19. The standard InChI is InChI=1S/C14H17FN2O4S/c1-8(2)19-9(3)14-16-13(17-20-14)11-6-5-10(7-12(11)15)22-21-18-4/h5-9H,1-4H3. The second-order valence-corrected chi connectivity index (χ2v) is 5.52. The predicted molar refractivity (Wildman–Crippen MR) is 78.3 cm³/mol. The third-order valence-electron chi connectivity index (χ3n) is 2.65. The van der Waals surface area contributed by atoms with E-state index in [1.165, 1.54) is 13.2 Å². The fourth-order valence-electron chi connectivity index (χ4n) is 1.78. The number of hydrogen-bond acceptors (Lipinski definition) is 7. The van der Waals surface area contributed by atoms with Crippen LogP contribution in [0.1, 0.15) is 32.8 Å². The number of nitrogens with zero attached hydrogens (tertiary/aromatic N) is 2. The summed E-state index contributed by atoms with van der Waals surface area (Å²) in [7, 11) is 1.37. The summed E-state index contributed by atoms with van der Waals surface area (Å²) in [5, 5.41) is 3.80. The smallest absolute Gasteiger partial charge is 0.255 e. The fourth-order valence-corrected chi connectivity index (χ4v) is 2.20. The van der Waals surface area contributed by atoms with Gasteiger partial charge in [0.2, 0.25) is 5.82 Å². The number of ether oxygens (including phenoxy) is 1. The van der Waals surface area contributed by atoms with Crippen molar-refractivity contribution in [3.63, 3.8) is 0 Å². The summed E-state index contributed by atoms with van der Waals surface area (Å²) < 4.78 is 29.5. The Kier molecular flexibility index (Phi) is 5.90. The molecule has 6 nitrogen and oxygen atoms in total. The van der Waals surface area contributed by atoms with Gasteiger partial charge in [-0.05, 0) is 39.0 Å². The molecule has 120 valence electrons. The van der Waals surface area contributed by atoms with E-state index >= 15 is 0 Å². The highest BCUT2D eigenvalue weighted by Gasteiger charge is 2.19. The molecule has 1 aromatic carbocycles. The molecule has 0 fully saturated rings. The van der Waals surface area contributed by atoms with Crippen molar-refractivity contribution in [1.29, 1.82) is 0 Å². The molecule has 0 radical (unpaired) electrons. The van der Waals surface area contributed by atoms with Gasteiger partial charge in [-0.15, -0.1) is 0 Å². The SMILES string of the molecule is COOSc1ccc(-c2noc(C(C)OC(C)C)n2)c(F)c1. The van der Waals surface area contributed by atoms with Crippen molar-refractivity contribution in [3.05, 3.63) is 29.9 Å². The Morgan fingerprint density at radius 3 is 2.68 bits per heavy atom. The minimum absolute atomic E-state index is 0.0270. The van der Waals surface area contributed by atoms with E-state index in [4.69, 9.17) is 9.26 Å². The van der Waals surface area contributed by atoms with Gasteiger partial charge in [0.05, 0.1) is 30.8 Å². The van der Waals surface area contributed by atoms with E-state index in [1.807, 2.05) is 13.8 Å². The number of benzene rings is 1. The Morgan fingerprint density at radius 2 is 2.05 bits per heavy atom. The first-order chi connectivity index (χ1) is 10.5. The minimum atomic E-state index is -0.477. The molecule has 8 heteroatoms. The van der Waals surface area contributed by atoms with E-state index in [1.54, 1.807) is 19.1 Å². The first-order valence-corrected chi connectivity index (χ1v) is 7.41. The van der Waals surface area contributed by atoms with Gasteiger partial charge >= 0.3 is 0 Å². The normalized spacial score (nSPS) is 12.8. The molecular weight excluding hydrogens is 311 g/mol. The van der Waals surface area contributed by atoms with Crippen LogP contribution in [-0.2, 0) is 14.0 Å². The van der Waals surface area contributed by atoms with Crippen molar-refractivity contribution in [2.75, 3.05) is 7.11 Å². The molecule has 22 heavy (non-hydrogen) atoms. The summed E-state index contributed by atoms with van der Waals surface area (Å²) in [6, 6.07) is 4.54. The van der Waals surface area contributed by atoms with Crippen LogP contribution in [0.15, 0.2) is 27.6 Å². The minimum Gasteiger partial charge on any atom is -0.366 e. The van der Waals surface area contributed by atoms with Gasteiger partial charge in [-0.3, -0.25) is 0 Å². The van der Waals surface area contributed by atoms with E-state index in [9.17, 15) is 4.39 Å². The van der Waals surface area contributed by atoms with Crippen molar-refractivity contribution >= 4 is 12.0 Å². The van der Waals surface area contributed by atoms with Crippen molar-refractivity contribution in [1.82, 2.24) is 10.1 Å². The lowest BCUT2D eigenvalue weighted by molar-refractivity contribution is -0.160. The largest absolute Gasteiger partial charge is 0.366 e. The lowest BCUT2D eigenvalue weighted by Crippen LogP contribution is -2.07. The Hall–Kier alpha value is -1.48. The Bertz CT molecular complexity index is 621. The van der Waals surface area contributed by atoms with Gasteiger partial charge in [0.1, 0.15) is 11.9 Å². The van der Waals surface area contributed by atoms with Crippen LogP contribution in [0, 0.1) is 5.82 Å². The molecule has 0 aliphatic carbocycles. The van der Waals surface area contributed by atoms with Crippen LogP contribution in [0.3, 0.4) is 0 Å². The third-order valence-corrected chi connectivity index (χ3v) is 3.30. The molecule has 2 aromatic rings. The summed E-state index contributed by atoms with van der Waals surface area (Å²) in [5.74, 6) is 0.00895. The summed E-state index contributed by atoms with van der Waals surface area (Å²) in [6.45, 7) is 5.62. The van der Waals surface area contributed by atoms with Gasteiger partial charge in [-0.25, -0.2) is 9.28 Å². The van der Waals surface area contributed by atoms with Crippen molar-refractivity contribution in [3.8, 4) is 11.4 Å². The number of aromatic nitrogens is 2. The van der Waals surface area contributed by atoms with E-state index in [0.29, 0.717) is 10.8 Å². The number of hydrogen-bond donors (Lipinski definition) is 0. The van der Waals surface area contributed by atoms with Crippen LogP contribution in [-0.4, -0.2) is 23.4 Å². The average molecular weight is 328 g/mol. The fraction of sp³-hybridized carbons (Fsp3) is 0.429. The third kappa shape index (κ3) is 4.26. The van der Waals surface area contributed by atoms with Crippen molar-refractivity contribution in [2.24, 2.45) is 0 Å². The Morgan fingerprint density at radius 1 is 1.27 bits per heavy atom. The Balaban J connectivity index is 2.16. The summed E-state index contributed by atoms with van der Waals surface area (Å²) in [5.41, 5.74) is 0.244. The van der Waals surface area contributed by atoms with Gasteiger partial charge in [0, 0.05) is 4.90 Å². The van der Waals surface area contributed by atoms with Gasteiger partial charge in [-0.2, -0.15) is 9.32 Å². The van der Waals surface area contributed by atoms with Crippen LogP contribution in [0.2, 0.25) is 0 Å². The first kappa shape index (κ1) is 16.9. The summed E-state index contributed by atoms with van der Waals surface area (Å²) in [6.07, 6.45) is -0.326. The summed E-state index contributed by atoms with van der Waals surface area (Å²) >= 11 is 0.909. The molecule has 1 atom stereocenters. The zero-order valence-corrected chi connectivity index (χ0v) is 13.5. The maximum absolute atomic E-state index is 14.1. The quantitative estimate of drug-likeness (QED) is 0.433. The van der Waals surface area contributed by atoms with E-state index in [2.05, 4.69) is 19.4 Å². The molecule has 0 N–H and O–H groups in total. The predicted octanol–water partition coefficient (Wildman–Crippen LogP) is 3.95. The van der Waals surface area contributed by atoms with Crippen LogP contribution >= 0.6 is 12.0 Å². The van der Waals surface area contributed by atoms with E-state index < -0.39 is 5.82 Å². The van der Waals surface area contributed by atoms with E-state index in [0.717, 1.165) is 12.0 Å². The second-order valence-electron chi connectivity index (χ2n) is 4.74. The molecule has 0 spiro atoms. The molecule has 0 amide bonds. The maximum Gasteiger partial charge on any atom is 0.255 e. The van der Waals surface area contributed by atoms with E-state index in [-0.39, 0.29) is 23.6 Å². The molecule has 1 unspecified atom stereocenters. The van der Waals surface area contributed by atoms with Gasteiger partial charge in [0.15, 0.2) is 0 Å². The number of halogens is 1.